The first-order chi connectivity index (χ1) is 37.6. The monoisotopic (exact) mass is 1230 g/mol. The number of nitrogens with two attached hydrogens (primary N) is 2. The summed E-state index contributed by atoms with van der Waals surface area (Å²) in [4.78, 5) is 58.0. The Labute approximate surface area is 484 Å². The fourth-order valence-corrected chi connectivity index (χ4v) is 9.25. The highest BCUT2D eigenvalue weighted by Crippen LogP contribution is 2.29. The molecule has 1 saturated heterocycles. The fraction of sp³-hybridized carbons (Fsp3) is 0.259. The molecule has 0 spiro atoms. The van der Waals surface area contributed by atoms with Crippen LogP contribution in [-0.2, 0) is 15.9 Å². The quantitative estimate of drug-likeness (QED) is 0.0735. The van der Waals surface area contributed by atoms with E-state index in [1.807, 2.05) is 115 Å². The smallest absolute Gasteiger partial charge is 0.435 e. The highest BCUT2D eigenvalue weighted by atomic mass is 79.9. The van der Waals surface area contributed by atoms with Crippen molar-refractivity contribution in [3.8, 4) is 0 Å². The Balaban J connectivity index is 0.000000164. The van der Waals surface area contributed by atoms with Gasteiger partial charge in [0, 0.05) is 85.9 Å². The summed E-state index contributed by atoms with van der Waals surface area (Å²) >= 11 is 13.8. The Kier molecular flexibility index (Phi) is 22.7. The van der Waals surface area contributed by atoms with Crippen LogP contribution in [0.15, 0.2) is 142 Å². The number of ether oxygens (including phenoxy) is 2. The number of aromatic amines is 1. The van der Waals surface area contributed by atoms with Crippen LogP contribution in [0.4, 0.5) is 16.3 Å². The maximum atomic E-state index is 12.2. The SMILES string of the molecule is CC(=O)c1cc2ccc(Br)cc2[nH]1.CC(C)(C)OC(=O)n1ncc2cc(Nc3ccnc(Cl)n3)ccc21.CC(C)N.Cc1nccc(Cc2cccc(C3=CCN=C3)c2)n1.NC1CCOC1.O=C(O)c1cc2ccc(Br)cc2s1. The van der Waals surface area contributed by atoms with E-state index in [1.165, 1.54) is 32.7 Å². The van der Waals surface area contributed by atoms with Crippen molar-refractivity contribution in [1.82, 2.24) is 34.7 Å². The molecule has 9 aromatic rings. The van der Waals surface area contributed by atoms with Gasteiger partial charge >= 0.3 is 12.1 Å². The number of nitrogens with zero attached hydrogens (tertiary/aromatic N) is 7. The molecule has 1 fully saturated rings. The number of nitrogens with one attached hydrogen (secondary N) is 2. The van der Waals surface area contributed by atoms with Crippen LogP contribution in [0.3, 0.4) is 0 Å². The van der Waals surface area contributed by atoms with Crippen molar-refractivity contribution in [3.63, 3.8) is 0 Å². The number of aromatic carboxylic acids is 1. The molecule has 4 aromatic carbocycles. The number of ketones is 1. The average Bonchev–Trinajstić information content (AvgIpc) is 4.28. The second-order valence-corrected chi connectivity index (χ2v) is 22.5. The number of carbonyl (C=O) groups is 3. The van der Waals surface area contributed by atoms with Crippen molar-refractivity contribution in [2.45, 2.75) is 79.0 Å². The standard InChI is InChI=1S/C16H16ClN5O2.C16H15N3.C10H8BrNO.C9H5BrO2S.C4H9NO.C3H9N/c1-16(2,3)24-15(23)22-12-5-4-11(8-10(12)9-19-22)20-13-6-7-18-14(17)21-13;1-12-18-8-6-16(19-12)10-13-3-2-4-14(9-13)15-5-7-17-11-15;1-6(13)9-4-7-2-3-8(11)5-10(7)12-9;10-6-2-1-5-3-8(9(11)12)13-7(5)4-6;5-4-1-2-6-3-4;1-3(2)4/h4-9H,1-3H3,(H,18,20,21);2-6,8-9,11H,7,10H2,1H3;2-5,12H,1H3;1-4H,(H,11,12);4H,1-3,5H2;3H,4H2,1-2H3. The van der Waals surface area contributed by atoms with Gasteiger partial charge in [0.05, 0.1) is 30.6 Å². The Morgan fingerprint density at radius 3 is 2.30 bits per heavy atom. The van der Waals surface area contributed by atoms with E-state index < -0.39 is 17.7 Å². The fourth-order valence-electron chi connectivity index (χ4n) is 7.29. The van der Waals surface area contributed by atoms with Gasteiger partial charge in [0.15, 0.2) is 5.78 Å². The molecule has 2 aliphatic heterocycles. The molecule has 79 heavy (non-hydrogen) atoms. The molecule has 412 valence electrons. The number of anilines is 2. The third-order valence-electron chi connectivity index (χ3n) is 10.8. The summed E-state index contributed by atoms with van der Waals surface area (Å²) in [7, 11) is 0. The molecule has 5 aromatic heterocycles. The van der Waals surface area contributed by atoms with E-state index in [-0.39, 0.29) is 11.1 Å². The number of hydrogen-bond acceptors (Lipinski definition) is 15. The van der Waals surface area contributed by atoms with Crippen LogP contribution in [0.5, 0.6) is 0 Å². The second kappa shape index (κ2) is 29.3. The van der Waals surface area contributed by atoms with Gasteiger partial charge in [0.25, 0.3) is 0 Å². The van der Waals surface area contributed by atoms with Gasteiger partial charge in [-0.05, 0) is 141 Å². The number of carbonyl (C=O) groups excluding carboxylic acids is 2. The number of Topliss-reactive ketones (excluding diaryl/α,β-unsaturated/α-hetero) is 1. The molecule has 1 atom stereocenters. The van der Waals surface area contributed by atoms with Crippen LogP contribution >= 0.6 is 54.8 Å². The number of rotatable bonds is 7. The van der Waals surface area contributed by atoms with Gasteiger partial charge in [-0.15, -0.1) is 11.3 Å². The molecule has 7 heterocycles. The lowest BCUT2D eigenvalue weighted by atomic mass is 10.0. The van der Waals surface area contributed by atoms with Crippen LogP contribution in [-0.4, -0.2) is 101 Å². The number of halogens is 3. The molecular formula is C58H62Br2ClN11O6S. The number of carboxylic acids is 1. The number of allylic oxidation sites excluding steroid dienone is 1. The largest absolute Gasteiger partial charge is 0.477 e. The van der Waals surface area contributed by atoms with Crippen molar-refractivity contribution < 1.29 is 29.0 Å². The highest BCUT2D eigenvalue weighted by molar-refractivity contribution is 9.10. The zero-order valence-corrected chi connectivity index (χ0v) is 49.5. The van der Waals surface area contributed by atoms with E-state index in [9.17, 15) is 14.4 Å². The first-order valence-electron chi connectivity index (χ1n) is 24.9. The van der Waals surface area contributed by atoms with E-state index >= 15 is 0 Å². The number of aryl methyl sites for hydroxylation is 1. The van der Waals surface area contributed by atoms with Gasteiger partial charge in [0.2, 0.25) is 5.28 Å². The van der Waals surface area contributed by atoms with Gasteiger partial charge in [-0.2, -0.15) is 9.78 Å². The van der Waals surface area contributed by atoms with Crippen molar-refractivity contribution in [2.75, 3.05) is 25.1 Å². The minimum atomic E-state index is -0.864. The van der Waals surface area contributed by atoms with Crippen LogP contribution in [0.1, 0.15) is 90.8 Å². The molecule has 0 aliphatic carbocycles. The summed E-state index contributed by atoms with van der Waals surface area (Å²) in [6.07, 6.45) is 10.4. The van der Waals surface area contributed by atoms with Gasteiger partial charge in [-0.3, -0.25) is 9.79 Å². The van der Waals surface area contributed by atoms with E-state index in [2.05, 4.69) is 103 Å². The number of hydrogen-bond donors (Lipinski definition) is 5. The zero-order valence-electron chi connectivity index (χ0n) is 44.7. The predicted molar refractivity (Wildman–Crippen MR) is 324 cm³/mol. The molecule has 11 rings (SSSR count). The number of fused-ring (bicyclic) bond motifs is 3. The summed E-state index contributed by atoms with van der Waals surface area (Å²) in [6.45, 7) is 15.2. The molecule has 0 saturated carbocycles. The van der Waals surface area contributed by atoms with E-state index in [0.29, 0.717) is 34.0 Å². The van der Waals surface area contributed by atoms with E-state index in [0.717, 1.165) is 85.1 Å². The number of carboxylic acid groups (broad SMARTS) is 1. The number of H-pyrrole nitrogens is 1. The first-order valence-corrected chi connectivity index (χ1v) is 27.7. The van der Waals surface area contributed by atoms with E-state index in [4.69, 9.17) is 37.6 Å². The Hall–Kier alpha value is -7.04. The maximum absolute atomic E-state index is 12.2. The lowest BCUT2D eigenvalue weighted by Gasteiger charge is -2.19. The number of aromatic nitrogens is 7. The highest BCUT2D eigenvalue weighted by Gasteiger charge is 2.20. The van der Waals surface area contributed by atoms with E-state index in [1.54, 1.807) is 37.5 Å². The molecular weight excluding hydrogens is 1170 g/mol. The number of thiophene rings is 1. The lowest BCUT2D eigenvalue weighted by molar-refractivity contribution is 0.0522. The Bertz CT molecular complexity index is 3490. The molecule has 0 radical (unpaired) electrons. The third kappa shape index (κ3) is 20.0. The summed E-state index contributed by atoms with van der Waals surface area (Å²) in [5.74, 6) is 0.595. The maximum Gasteiger partial charge on any atom is 0.435 e. The van der Waals surface area contributed by atoms with Gasteiger partial charge in [-0.1, -0.05) is 88.2 Å². The van der Waals surface area contributed by atoms with Crippen LogP contribution in [0.2, 0.25) is 5.28 Å². The van der Waals surface area contributed by atoms with Crippen LogP contribution in [0, 0.1) is 6.92 Å². The topological polar surface area (TPSA) is 251 Å². The third-order valence-corrected chi connectivity index (χ3v) is 13.0. The zero-order chi connectivity index (χ0) is 57.2. The minimum Gasteiger partial charge on any atom is -0.477 e. The molecule has 0 amide bonds. The van der Waals surface area contributed by atoms with Crippen molar-refractivity contribution in [1.29, 1.82) is 0 Å². The minimum absolute atomic E-state index is 0.0623. The number of benzene rings is 4. The van der Waals surface area contributed by atoms with Crippen molar-refractivity contribution >= 4 is 128 Å². The molecule has 7 N–H and O–H groups in total. The van der Waals surface area contributed by atoms with Crippen LogP contribution < -0.4 is 16.8 Å². The molecule has 1 unspecified atom stereocenters. The summed E-state index contributed by atoms with van der Waals surface area (Å²) in [5.41, 5.74) is 17.8. The van der Waals surface area contributed by atoms with Crippen molar-refractivity contribution in [3.05, 3.63) is 175 Å². The average molecular weight is 1240 g/mol. The Morgan fingerprint density at radius 1 is 0.937 bits per heavy atom. The predicted octanol–water partition coefficient (Wildman–Crippen LogP) is 13.4. The number of aliphatic imine (C=N–C) groups is 1. The Morgan fingerprint density at radius 2 is 1.67 bits per heavy atom. The van der Waals surface area contributed by atoms with Gasteiger partial charge in [0.1, 0.15) is 22.1 Å². The van der Waals surface area contributed by atoms with Crippen molar-refractivity contribution in [2.24, 2.45) is 16.5 Å². The van der Waals surface area contributed by atoms with Crippen LogP contribution in [0.25, 0.3) is 37.5 Å². The molecule has 17 nitrogen and oxygen atoms in total. The first kappa shape index (κ1) is 61.2. The summed E-state index contributed by atoms with van der Waals surface area (Å²) in [6, 6.07) is 33.5. The second-order valence-electron chi connectivity index (χ2n) is 19.2. The van der Waals surface area contributed by atoms with Gasteiger partial charge < -0.3 is 36.3 Å². The molecule has 21 heteroatoms. The molecule has 2 aliphatic rings. The lowest BCUT2D eigenvalue weighted by Crippen LogP contribution is -2.27. The normalized spacial score (nSPS) is 13.3. The molecule has 0 bridgehead atoms. The van der Waals surface area contributed by atoms with Gasteiger partial charge in [-0.25, -0.2) is 29.5 Å². The summed E-state index contributed by atoms with van der Waals surface area (Å²) < 4.78 is 14.5. The summed E-state index contributed by atoms with van der Waals surface area (Å²) in [5, 5.41) is 19.0.